The normalized spacial score (nSPS) is 17.1. The lowest BCUT2D eigenvalue weighted by Crippen LogP contribution is -2.27. The van der Waals surface area contributed by atoms with Gasteiger partial charge in [0.05, 0.1) is 6.61 Å². The summed E-state index contributed by atoms with van der Waals surface area (Å²) in [5.41, 5.74) is 2.92. The molecule has 21 heavy (non-hydrogen) atoms. The van der Waals surface area contributed by atoms with Gasteiger partial charge in [0.2, 0.25) is 5.88 Å². The number of aromatic nitrogens is 2. The first-order chi connectivity index (χ1) is 10.2. The van der Waals surface area contributed by atoms with E-state index in [-0.39, 0.29) is 0 Å². The number of rotatable bonds is 4. The third-order valence-electron chi connectivity index (χ3n) is 3.81. The first kappa shape index (κ1) is 13.9. The summed E-state index contributed by atoms with van der Waals surface area (Å²) >= 11 is 0. The zero-order valence-corrected chi connectivity index (χ0v) is 12.6. The summed E-state index contributed by atoms with van der Waals surface area (Å²) in [5, 5.41) is 3.53. The predicted molar refractivity (Wildman–Crippen MR) is 83.8 cm³/mol. The summed E-state index contributed by atoms with van der Waals surface area (Å²) < 4.78 is 5.48. The van der Waals surface area contributed by atoms with Gasteiger partial charge >= 0.3 is 0 Å². The summed E-state index contributed by atoms with van der Waals surface area (Å²) in [7, 11) is 0. The van der Waals surface area contributed by atoms with Crippen LogP contribution in [0.1, 0.15) is 30.3 Å². The molecular formula is C17H21N3O. The van der Waals surface area contributed by atoms with E-state index in [2.05, 4.69) is 39.6 Å². The first-order valence-corrected chi connectivity index (χ1v) is 7.56. The average Bonchev–Trinajstić information content (AvgIpc) is 2.47. The molecule has 0 spiro atoms. The van der Waals surface area contributed by atoms with Crippen molar-refractivity contribution < 1.29 is 4.74 Å². The van der Waals surface area contributed by atoms with Crippen molar-refractivity contribution in [2.75, 3.05) is 11.9 Å². The Labute approximate surface area is 125 Å². The molecule has 0 radical (unpaired) electrons. The molecule has 0 fully saturated rings. The maximum atomic E-state index is 5.48. The van der Waals surface area contributed by atoms with E-state index < -0.39 is 0 Å². The summed E-state index contributed by atoms with van der Waals surface area (Å²) in [5.74, 6) is 2.23. The van der Waals surface area contributed by atoms with Crippen molar-refractivity contribution in [1.82, 2.24) is 9.97 Å². The second kappa shape index (κ2) is 6.12. The summed E-state index contributed by atoms with van der Waals surface area (Å²) in [6.45, 7) is 4.47. The minimum Gasteiger partial charge on any atom is -0.478 e. The van der Waals surface area contributed by atoms with Gasteiger partial charge < -0.3 is 10.1 Å². The Morgan fingerprint density at radius 2 is 2.05 bits per heavy atom. The Balaban J connectivity index is 1.73. The summed E-state index contributed by atoms with van der Waals surface area (Å²) in [6.07, 6.45) is 3.30. The highest BCUT2D eigenvalue weighted by molar-refractivity contribution is 5.41. The molecule has 0 amide bonds. The quantitative estimate of drug-likeness (QED) is 0.936. The topological polar surface area (TPSA) is 47.0 Å². The number of nitrogens with zero attached hydrogens (tertiary/aromatic N) is 2. The highest BCUT2D eigenvalue weighted by Gasteiger charge is 2.18. The molecule has 2 aromatic rings. The number of ether oxygens (including phenoxy) is 1. The van der Waals surface area contributed by atoms with Crippen molar-refractivity contribution in [3.8, 4) is 5.88 Å². The van der Waals surface area contributed by atoms with E-state index in [1.807, 2.05) is 19.9 Å². The molecule has 0 saturated carbocycles. The Hall–Kier alpha value is -2.10. The van der Waals surface area contributed by atoms with E-state index in [1.54, 1.807) is 0 Å². The lowest BCUT2D eigenvalue weighted by Gasteiger charge is -2.26. The molecule has 0 aliphatic heterocycles. The molecule has 3 rings (SSSR count). The van der Waals surface area contributed by atoms with Crippen LogP contribution in [0.2, 0.25) is 0 Å². The Morgan fingerprint density at radius 3 is 2.86 bits per heavy atom. The Kier molecular flexibility index (Phi) is 4.04. The Bertz CT molecular complexity index is 627. The standard InChI is InChI=1S/C17H21N3O/c1-3-21-17-11-16(18-12(2)19-17)20-15-9-8-13-6-4-5-7-14(13)10-15/h4-7,11,15H,3,8-10H2,1-2H3,(H,18,19,20). The minimum absolute atomic E-state index is 0.420. The molecule has 4 heteroatoms. The van der Waals surface area contributed by atoms with Gasteiger partial charge in [-0.15, -0.1) is 0 Å². The zero-order chi connectivity index (χ0) is 14.7. The molecule has 1 aromatic carbocycles. The van der Waals surface area contributed by atoms with Gasteiger partial charge in [-0.1, -0.05) is 24.3 Å². The Morgan fingerprint density at radius 1 is 1.24 bits per heavy atom. The van der Waals surface area contributed by atoms with Gasteiger partial charge in [0.15, 0.2) is 0 Å². The number of benzene rings is 1. The van der Waals surface area contributed by atoms with Gasteiger partial charge in [0.1, 0.15) is 11.6 Å². The third-order valence-corrected chi connectivity index (χ3v) is 3.81. The molecule has 1 heterocycles. The van der Waals surface area contributed by atoms with Crippen LogP contribution in [0.3, 0.4) is 0 Å². The second-order valence-electron chi connectivity index (χ2n) is 5.42. The van der Waals surface area contributed by atoms with E-state index in [4.69, 9.17) is 4.74 Å². The molecule has 1 unspecified atom stereocenters. The van der Waals surface area contributed by atoms with Gasteiger partial charge in [-0.05, 0) is 44.2 Å². The fourth-order valence-corrected chi connectivity index (χ4v) is 2.87. The molecule has 1 aliphatic rings. The van der Waals surface area contributed by atoms with Crippen molar-refractivity contribution in [2.24, 2.45) is 0 Å². The fraction of sp³-hybridized carbons (Fsp3) is 0.412. The molecule has 1 aliphatic carbocycles. The maximum Gasteiger partial charge on any atom is 0.218 e. The van der Waals surface area contributed by atoms with Gasteiger partial charge in [0.25, 0.3) is 0 Å². The van der Waals surface area contributed by atoms with Crippen LogP contribution in [-0.2, 0) is 12.8 Å². The monoisotopic (exact) mass is 283 g/mol. The number of hydrogen-bond acceptors (Lipinski definition) is 4. The van der Waals surface area contributed by atoms with E-state index >= 15 is 0 Å². The molecule has 1 atom stereocenters. The first-order valence-electron chi connectivity index (χ1n) is 7.56. The number of nitrogens with one attached hydrogen (secondary N) is 1. The van der Waals surface area contributed by atoms with E-state index in [0.717, 1.165) is 30.9 Å². The lowest BCUT2D eigenvalue weighted by atomic mass is 9.88. The molecule has 0 bridgehead atoms. The van der Waals surface area contributed by atoms with Gasteiger partial charge in [0, 0.05) is 12.1 Å². The zero-order valence-electron chi connectivity index (χ0n) is 12.6. The minimum atomic E-state index is 0.420. The SMILES string of the molecule is CCOc1cc(NC2CCc3ccccc3C2)nc(C)n1. The number of hydrogen-bond donors (Lipinski definition) is 1. The molecular weight excluding hydrogens is 262 g/mol. The summed E-state index contributed by atoms with van der Waals surface area (Å²) in [6, 6.07) is 11.0. The van der Waals surface area contributed by atoms with Crippen molar-refractivity contribution in [1.29, 1.82) is 0 Å². The van der Waals surface area contributed by atoms with Crippen LogP contribution in [0.5, 0.6) is 5.88 Å². The van der Waals surface area contributed by atoms with Crippen LogP contribution in [0, 0.1) is 6.92 Å². The molecule has 1 N–H and O–H groups in total. The van der Waals surface area contributed by atoms with Crippen LogP contribution in [0.25, 0.3) is 0 Å². The van der Waals surface area contributed by atoms with Crippen LogP contribution < -0.4 is 10.1 Å². The summed E-state index contributed by atoms with van der Waals surface area (Å²) in [4.78, 5) is 8.74. The van der Waals surface area contributed by atoms with Gasteiger partial charge in [-0.25, -0.2) is 4.98 Å². The molecule has 110 valence electrons. The van der Waals surface area contributed by atoms with E-state index in [1.165, 1.54) is 11.1 Å². The van der Waals surface area contributed by atoms with Crippen LogP contribution in [-0.4, -0.2) is 22.6 Å². The van der Waals surface area contributed by atoms with Gasteiger partial charge in [-0.3, -0.25) is 0 Å². The fourth-order valence-electron chi connectivity index (χ4n) is 2.87. The molecule has 1 aromatic heterocycles. The number of anilines is 1. The van der Waals surface area contributed by atoms with E-state index in [0.29, 0.717) is 18.5 Å². The highest BCUT2D eigenvalue weighted by Crippen LogP contribution is 2.24. The van der Waals surface area contributed by atoms with Crippen LogP contribution >= 0.6 is 0 Å². The number of fused-ring (bicyclic) bond motifs is 1. The lowest BCUT2D eigenvalue weighted by molar-refractivity contribution is 0.325. The smallest absolute Gasteiger partial charge is 0.218 e. The molecule has 0 saturated heterocycles. The largest absolute Gasteiger partial charge is 0.478 e. The highest BCUT2D eigenvalue weighted by atomic mass is 16.5. The van der Waals surface area contributed by atoms with Gasteiger partial charge in [-0.2, -0.15) is 4.98 Å². The predicted octanol–water partition coefficient (Wildman–Crippen LogP) is 3.15. The van der Waals surface area contributed by atoms with Crippen molar-refractivity contribution in [3.63, 3.8) is 0 Å². The van der Waals surface area contributed by atoms with Crippen LogP contribution in [0.15, 0.2) is 30.3 Å². The van der Waals surface area contributed by atoms with E-state index in [9.17, 15) is 0 Å². The van der Waals surface area contributed by atoms with Crippen molar-refractivity contribution >= 4 is 5.82 Å². The molecule has 4 nitrogen and oxygen atoms in total. The average molecular weight is 283 g/mol. The van der Waals surface area contributed by atoms with Crippen molar-refractivity contribution in [2.45, 2.75) is 39.2 Å². The second-order valence-corrected chi connectivity index (χ2v) is 5.42. The number of aryl methyl sites for hydroxylation is 2. The third kappa shape index (κ3) is 3.32. The maximum absolute atomic E-state index is 5.48. The van der Waals surface area contributed by atoms with Crippen LogP contribution in [0.4, 0.5) is 5.82 Å². The van der Waals surface area contributed by atoms with Crippen molar-refractivity contribution in [3.05, 3.63) is 47.3 Å².